The Labute approximate surface area is 86.4 Å². The molecule has 1 aromatic rings. The van der Waals surface area contributed by atoms with Crippen molar-refractivity contribution < 1.29 is 4.84 Å². The van der Waals surface area contributed by atoms with Gasteiger partial charge in [-0.05, 0) is 12.0 Å². The van der Waals surface area contributed by atoms with Crippen molar-refractivity contribution in [3.63, 3.8) is 0 Å². The van der Waals surface area contributed by atoms with E-state index < -0.39 is 0 Å². The van der Waals surface area contributed by atoms with Gasteiger partial charge < -0.3 is 4.84 Å². The molecule has 2 heteroatoms. The largest absolute Gasteiger partial charge is 0.302 e. The maximum atomic E-state index is 5.29. The summed E-state index contributed by atoms with van der Waals surface area (Å²) in [5.74, 6) is 0. The summed E-state index contributed by atoms with van der Waals surface area (Å²) in [6.45, 7) is 4.07. The molecule has 0 heterocycles. The van der Waals surface area contributed by atoms with Crippen molar-refractivity contribution in [1.29, 1.82) is 0 Å². The van der Waals surface area contributed by atoms with Crippen molar-refractivity contribution in [3.8, 4) is 0 Å². The van der Waals surface area contributed by atoms with E-state index in [0.29, 0.717) is 0 Å². The number of hydrogen-bond donors (Lipinski definition) is 0. The lowest BCUT2D eigenvalue weighted by Crippen LogP contribution is -2.22. The highest BCUT2D eigenvalue weighted by Crippen LogP contribution is 2.05. The van der Waals surface area contributed by atoms with E-state index in [1.165, 1.54) is 18.4 Å². The Balaban J connectivity index is 2.40. The molecule has 0 bridgehead atoms. The van der Waals surface area contributed by atoms with Gasteiger partial charge in [0.25, 0.3) is 0 Å². The lowest BCUT2D eigenvalue weighted by Gasteiger charge is -2.19. The van der Waals surface area contributed by atoms with E-state index in [2.05, 4.69) is 31.2 Å². The molecule has 0 amide bonds. The molecule has 0 N–H and O–H groups in total. The smallest absolute Gasteiger partial charge is 0.0575 e. The highest BCUT2D eigenvalue weighted by Gasteiger charge is 2.02. The quantitative estimate of drug-likeness (QED) is 0.644. The van der Waals surface area contributed by atoms with E-state index in [1.54, 1.807) is 7.11 Å². The van der Waals surface area contributed by atoms with Crippen LogP contribution in [0.3, 0.4) is 0 Å². The normalized spacial score (nSPS) is 10.8. The average Bonchev–Trinajstić information content (AvgIpc) is 2.25. The number of hydroxylamine groups is 2. The molecule has 1 rings (SSSR count). The topological polar surface area (TPSA) is 12.5 Å². The van der Waals surface area contributed by atoms with Gasteiger partial charge in [-0.25, -0.2) is 0 Å². The zero-order chi connectivity index (χ0) is 10.2. The molecular weight excluding hydrogens is 174 g/mol. The van der Waals surface area contributed by atoms with Gasteiger partial charge in [-0.15, -0.1) is 0 Å². The Morgan fingerprint density at radius 2 is 1.93 bits per heavy atom. The van der Waals surface area contributed by atoms with Crippen LogP contribution < -0.4 is 0 Å². The number of hydrogen-bond acceptors (Lipinski definition) is 2. The van der Waals surface area contributed by atoms with Crippen LogP contribution in [0.1, 0.15) is 25.3 Å². The first-order valence-corrected chi connectivity index (χ1v) is 5.19. The number of nitrogens with zero attached hydrogens (tertiary/aromatic N) is 1. The van der Waals surface area contributed by atoms with Crippen molar-refractivity contribution in [1.82, 2.24) is 5.06 Å². The first-order valence-electron chi connectivity index (χ1n) is 5.19. The minimum absolute atomic E-state index is 0.872. The van der Waals surface area contributed by atoms with E-state index in [4.69, 9.17) is 4.84 Å². The highest BCUT2D eigenvalue weighted by atomic mass is 16.7. The molecule has 0 unspecified atom stereocenters. The maximum absolute atomic E-state index is 5.29. The fourth-order valence-electron chi connectivity index (χ4n) is 1.36. The van der Waals surface area contributed by atoms with Crippen LogP contribution in [0, 0.1) is 0 Å². The Morgan fingerprint density at radius 3 is 2.50 bits per heavy atom. The summed E-state index contributed by atoms with van der Waals surface area (Å²) in [5.41, 5.74) is 1.30. The zero-order valence-corrected chi connectivity index (χ0v) is 9.07. The second-order valence-electron chi connectivity index (χ2n) is 3.39. The van der Waals surface area contributed by atoms with Crippen molar-refractivity contribution in [2.24, 2.45) is 0 Å². The number of benzene rings is 1. The molecular formula is C12H19NO. The van der Waals surface area contributed by atoms with E-state index in [9.17, 15) is 0 Å². The van der Waals surface area contributed by atoms with Crippen molar-refractivity contribution >= 4 is 0 Å². The lowest BCUT2D eigenvalue weighted by atomic mass is 10.2. The van der Waals surface area contributed by atoms with Gasteiger partial charge in [0.05, 0.1) is 7.11 Å². The summed E-state index contributed by atoms with van der Waals surface area (Å²) in [4.78, 5) is 5.29. The SMILES string of the molecule is CCCCN(Cc1ccccc1)OC. The summed E-state index contributed by atoms with van der Waals surface area (Å²) in [7, 11) is 1.73. The third-order valence-electron chi connectivity index (χ3n) is 2.22. The third-order valence-corrected chi connectivity index (χ3v) is 2.22. The first-order chi connectivity index (χ1) is 6.86. The first kappa shape index (κ1) is 11.2. The molecule has 78 valence electrons. The predicted molar refractivity (Wildman–Crippen MR) is 58.8 cm³/mol. The minimum atomic E-state index is 0.872. The third kappa shape index (κ3) is 3.90. The van der Waals surface area contributed by atoms with Gasteiger partial charge in [-0.3, -0.25) is 0 Å². The van der Waals surface area contributed by atoms with Crippen LogP contribution in [-0.2, 0) is 11.4 Å². The van der Waals surface area contributed by atoms with E-state index >= 15 is 0 Å². The molecule has 0 aliphatic rings. The Bertz CT molecular complexity index is 235. The molecule has 1 aromatic carbocycles. The van der Waals surface area contributed by atoms with E-state index in [1.807, 2.05) is 11.1 Å². The van der Waals surface area contributed by atoms with Gasteiger partial charge in [0, 0.05) is 13.1 Å². The van der Waals surface area contributed by atoms with Gasteiger partial charge in [-0.1, -0.05) is 43.7 Å². The fraction of sp³-hybridized carbons (Fsp3) is 0.500. The summed E-state index contributed by atoms with van der Waals surface area (Å²) in [5, 5.41) is 2.00. The van der Waals surface area contributed by atoms with Crippen LogP contribution in [0.25, 0.3) is 0 Å². The molecule has 0 saturated heterocycles. The highest BCUT2D eigenvalue weighted by molar-refractivity contribution is 5.14. The number of rotatable bonds is 6. The molecule has 0 aliphatic carbocycles. The molecule has 0 aliphatic heterocycles. The average molecular weight is 193 g/mol. The second-order valence-corrected chi connectivity index (χ2v) is 3.39. The number of unbranched alkanes of at least 4 members (excludes halogenated alkanes) is 1. The van der Waals surface area contributed by atoms with Crippen molar-refractivity contribution in [3.05, 3.63) is 35.9 Å². The maximum Gasteiger partial charge on any atom is 0.0575 e. The van der Waals surface area contributed by atoms with Gasteiger partial charge in [0.15, 0.2) is 0 Å². The Hall–Kier alpha value is -0.860. The Morgan fingerprint density at radius 1 is 1.21 bits per heavy atom. The van der Waals surface area contributed by atoms with Gasteiger partial charge in [-0.2, -0.15) is 5.06 Å². The lowest BCUT2D eigenvalue weighted by molar-refractivity contribution is -0.139. The standard InChI is InChI=1S/C12H19NO/c1-3-4-10-13(14-2)11-12-8-6-5-7-9-12/h5-9H,3-4,10-11H2,1-2H3. The molecule has 2 nitrogen and oxygen atoms in total. The van der Waals surface area contributed by atoms with Crippen molar-refractivity contribution in [2.75, 3.05) is 13.7 Å². The Kier molecular flexibility index (Phi) is 5.27. The van der Waals surface area contributed by atoms with Gasteiger partial charge >= 0.3 is 0 Å². The zero-order valence-electron chi connectivity index (χ0n) is 9.07. The van der Waals surface area contributed by atoms with E-state index in [0.717, 1.165) is 13.1 Å². The summed E-state index contributed by atoms with van der Waals surface area (Å²) >= 11 is 0. The molecule has 0 fully saturated rings. The summed E-state index contributed by atoms with van der Waals surface area (Å²) in [6, 6.07) is 10.4. The predicted octanol–water partition coefficient (Wildman–Crippen LogP) is 2.85. The monoisotopic (exact) mass is 193 g/mol. The second kappa shape index (κ2) is 6.57. The van der Waals surface area contributed by atoms with Crippen LogP contribution in [0.4, 0.5) is 0 Å². The minimum Gasteiger partial charge on any atom is -0.302 e. The molecule has 0 aromatic heterocycles. The van der Waals surface area contributed by atoms with E-state index in [-0.39, 0.29) is 0 Å². The van der Waals surface area contributed by atoms with Crippen LogP contribution in [0.15, 0.2) is 30.3 Å². The molecule has 0 radical (unpaired) electrons. The molecule has 0 atom stereocenters. The van der Waals surface area contributed by atoms with Gasteiger partial charge in [0.2, 0.25) is 0 Å². The van der Waals surface area contributed by atoms with Crippen LogP contribution in [0.2, 0.25) is 0 Å². The fourth-order valence-corrected chi connectivity index (χ4v) is 1.36. The van der Waals surface area contributed by atoms with Crippen molar-refractivity contribution in [2.45, 2.75) is 26.3 Å². The molecule has 14 heavy (non-hydrogen) atoms. The summed E-state index contributed by atoms with van der Waals surface area (Å²) < 4.78 is 0. The summed E-state index contributed by atoms with van der Waals surface area (Å²) in [6.07, 6.45) is 2.38. The molecule has 0 spiro atoms. The van der Waals surface area contributed by atoms with Gasteiger partial charge in [0.1, 0.15) is 0 Å². The van der Waals surface area contributed by atoms with Crippen LogP contribution in [0.5, 0.6) is 0 Å². The van der Waals surface area contributed by atoms with Crippen LogP contribution in [-0.4, -0.2) is 18.7 Å². The van der Waals surface area contributed by atoms with Crippen LogP contribution >= 0.6 is 0 Å². The molecule has 0 saturated carbocycles.